The predicted molar refractivity (Wildman–Crippen MR) is 114 cm³/mol. The second-order valence-corrected chi connectivity index (χ2v) is 7.89. The van der Waals surface area contributed by atoms with Gasteiger partial charge in [-0.25, -0.2) is 13.8 Å². The molecule has 0 aliphatic carbocycles. The maximum absolute atomic E-state index is 14.2. The monoisotopic (exact) mass is 423 g/mol. The van der Waals surface area contributed by atoms with E-state index in [1.54, 1.807) is 12.3 Å². The molecule has 4 nitrogen and oxygen atoms in total. The topological polar surface area (TPSA) is 46.1 Å². The highest BCUT2D eigenvalue weighted by molar-refractivity contribution is 7.22. The number of thiazole rings is 1. The van der Waals surface area contributed by atoms with Gasteiger partial charge in [-0.05, 0) is 35.7 Å². The molecule has 152 valence electrons. The van der Waals surface area contributed by atoms with Gasteiger partial charge in [-0.15, -0.1) is 0 Å². The summed E-state index contributed by atoms with van der Waals surface area (Å²) in [4.78, 5) is 23.3. The number of pyridine rings is 1. The molecule has 0 aliphatic heterocycles. The summed E-state index contributed by atoms with van der Waals surface area (Å²) in [6.07, 6.45) is 2.74. The van der Waals surface area contributed by atoms with E-state index in [0.29, 0.717) is 15.5 Å². The molecule has 0 saturated heterocycles. The van der Waals surface area contributed by atoms with Crippen molar-refractivity contribution in [2.24, 2.45) is 0 Å². The Labute approximate surface area is 176 Å². The van der Waals surface area contributed by atoms with Crippen LogP contribution in [0.3, 0.4) is 0 Å². The Balaban J connectivity index is 1.68. The first-order valence-electron chi connectivity index (χ1n) is 9.57. The minimum absolute atomic E-state index is 0.0579. The SMILES string of the molecule is CCc1ccc(CC(=O)N(Cc2ccccn2)c2nc3c(F)cc(F)cc3s2)cc1. The number of carbonyl (C=O) groups excluding carboxylic acids is 1. The van der Waals surface area contributed by atoms with Crippen LogP contribution in [-0.4, -0.2) is 15.9 Å². The summed E-state index contributed by atoms with van der Waals surface area (Å²) in [7, 11) is 0. The van der Waals surface area contributed by atoms with Crippen LogP contribution in [0.15, 0.2) is 60.8 Å². The number of anilines is 1. The van der Waals surface area contributed by atoms with Crippen LogP contribution in [0, 0.1) is 11.6 Å². The second-order valence-electron chi connectivity index (χ2n) is 6.88. The van der Waals surface area contributed by atoms with E-state index in [9.17, 15) is 13.6 Å². The number of fused-ring (bicyclic) bond motifs is 1. The van der Waals surface area contributed by atoms with Crippen molar-refractivity contribution < 1.29 is 13.6 Å². The molecule has 0 unspecified atom stereocenters. The van der Waals surface area contributed by atoms with Crippen LogP contribution in [0.2, 0.25) is 0 Å². The molecular formula is C23H19F2N3OS. The van der Waals surface area contributed by atoms with Gasteiger partial charge in [0.15, 0.2) is 10.9 Å². The van der Waals surface area contributed by atoms with E-state index in [0.717, 1.165) is 29.4 Å². The van der Waals surface area contributed by atoms with Crippen LogP contribution in [0.5, 0.6) is 0 Å². The number of hydrogen-bond acceptors (Lipinski definition) is 4. The summed E-state index contributed by atoms with van der Waals surface area (Å²) in [6, 6.07) is 15.3. The van der Waals surface area contributed by atoms with Crippen molar-refractivity contribution in [2.75, 3.05) is 4.90 Å². The highest BCUT2D eigenvalue weighted by Crippen LogP contribution is 2.32. The molecule has 0 saturated carbocycles. The first-order chi connectivity index (χ1) is 14.5. The lowest BCUT2D eigenvalue weighted by molar-refractivity contribution is -0.118. The molecule has 1 amide bonds. The summed E-state index contributed by atoms with van der Waals surface area (Å²) in [5.41, 5.74) is 2.81. The van der Waals surface area contributed by atoms with Crippen LogP contribution >= 0.6 is 11.3 Å². The molecule has 2 heterocycles. The molecule has 7 heteroatoms. The van der Waals surface area contributed by atoms with Gasteiger partial charge in [0.2, 0.25) is 5.91 Å². The Kier molecular flexibility index (Phi) is 5.81. The van der Waals surface area contributed by atoms with Gasteiger partial charge >= 0.3 is 0 Å². The van der Waals surface area contributed by atoms with Gasteiger partial charge in [-0.1, -0.05) is 48.6 Å². The Morgan fingerprint density at radius 2 is 1.83 bits per heavy atom. The van der Waals surface area contributed by atoms with Crippen molar-refractivity contribution in [3.05, 3.63) is 89.2 Å². The normalized spacial score (nSPS) is 11.0. The number of aryl methyl sites for hydroxylation is 1. The molecule has 30 heavy (non-hydrogen) atoms. The van der Waals surface area contributed by atoms with E-state index in [1.165, 1.54) is 16.5 Å². The highest BCUT2D eigenvalue weighted by Gasteiger charge is 2.22. The molecule has 0 fully saturated rings. The molecule has 0 bridgehead atoms. The van der Waals surface area contributed by atoms with E-state index in [-0.39, 0.29) is 24.4 Å². The Hall–Kier alpha value is -3.19. The quantitative estimate of drug-likeness (QED) is 0.422. The lowest BCUT2D eigenvalue weighted by Crippen LogP contribution is -2.32. The molecule has 0 spiro atoms. The molecule has 2 aromatic heterocycles. The number of rotatable bonds is 6. The fourth-order valence-corrected chi connectivity index (χ4v) is 4.16. The molecule has 0 N–H and O–H groups in total. The molecule has 0 aliphatic rings. The van der Waals surface area contributed by atoms with Crippen LogP contribution in [0.25, 0.3) is 10.2 Å². The van der Waals surface area contributed by atoms with Gasteiger partial charge in [-0.2, -0.15) is 0 Å². The number of halogens is 2. The van der Waals surface area contributed by atoms with Crippen molar-refractivity contribution in [2.45, 2.75) is 26.3 Å². The first-order valence-corrected chi connectivity index (χ1v) is 10.4. The third-order valence-corrected chi connectivity index (χ3v) is 5.79. The van der Waals surface area contributed by atoms with Crippen molar-refractivity contribution in [3.63, 3.8) is 0 Å². The highest BCUT2D eigenvalue weighted by atomic mass is 32.1. The summed E-state index contributed by atoms with van der Waals surface area (Å²) in [6.45, 7) is 2.26. The minimum atomic E-state index is -0.743. The zero-order chi connectivity index (χ0) is 21.1. The maximum Gasteiger partial charge on any atom is 0.233 e. The number of hydrogen-bond donors (Lipinski definition) is 0. The maximum atomic E-state index is 14.2. The Bertz CT molecular complexity index is 1180. The zero-order valence-corrected chi connectivity index (χ0v) is 17.1. The number of benzene rings is 2. The Morgan fingerprint density at radius 1 is 1.07 bits per heavy atom. The summed E-state index contributed by atoms with van der Waals surface area (Å²) in [5.74, 6) is -1.61. The standard InChI is InChI=1S/C23H19F2N3OS/c1-2-15-6-8-16(9-7-15)11-21(29)28(14-18-5-3-4-10-26-18)23-27-22-19(25)12-17(24)13-20(22)30-23/h3-10,12-13H,2,11,14H2,1H3. The third kappa shape index (κ3) is 4.36. The molecule has 4 aromatic rings. The van der Waals surface area contributed by atoms with Gasteiger partial charge < -0.3 is 0 Å². The summed E-state index contributed by atoms with van der Waals surface area (Å²) >= 11 is 1.08. The number of nitrogens with zero attached hydrogens (tertiary/aromatic N) is 3. The third-order valence-electron chi connectivity index (χ3n) is 4.77. The van der Waals surface area contributed by atoms with Crippen molar-refractivity contribution in [1.29, 1.82) is 0 Å². The van der Waals surface area contributed by atoms with Crippen molar-refractivity contribution in [1.82, 2.24) is 9.97 Å². The smallest absolute Gasteiger partial charge is 0.233 e. The van der Waals surface area contributed by atoms with Crippen molar-refractivity contribution >= 4 is 32.6 Å². The van der Waals surface area contributed by atoms with Gasteiger partial charge in [0.1, 0.15) is 11.3 Å². The molecule has 2 aromatic carbocycles. The van der Waals surface area contributed by atoms with E-state index in [1.807, 2.05) is 36.4 Å². The minimum Gasteiger partial charge on any atom is -0.282 e. The van der Waals surface area contributed by atoms with Crippen LogP contribution in [-0.2, 0) is 24.2 Å². The lowest BCUT2D eigenvalue weighted by Gasteiger charge is -2.19. The summed E-state index contributed by atoms with van der Waals surface area (Å²) in [5, 5.41) is 0.315. The van der Waals surface area contributed by atoms with Crippen LogP contribution < -0.4 is 4.90 Å². The van der Waals surface area contributed by atoms with Gasteiger partial charge in [0.05, 0.1) is 23.4 Å². The van der Waals surface area contributed by atoms with E-state index in [4.69, 9.17) is 0 Å². The van der Waals surface area contributed by atoms with Crippen LogP contribution in [0.1, 0.15) is 23.7 Å². The molecular weight excluding hydrogens is 404 g/mol. The van der Waals surface area contributed by atoms with E-state index < -0.39 is 11.6 Å². The predicted octanol–water partition coefficient (Wildman–Crippen LogP) is 5.31. The number of aromatic nitrogens is 2. The zero-order valence-electron chi connectivity index (χ0n) is 16.3. The first kappa shape index (κ1) is 20.1. The molecule has 0 radical (unpaired) electrons. The number of amides is 1. The van der Waals surface area contributed by atoms with E-state index in [2.05, 4.69) is 16.9 Å². The largest absolute Gasteiger partial charge is 0.282 e. The van der Waals surface area contributed by atoms with Gasteiger partial charge in [0.25, 0.3) is 0 Å². The average Bonchev–Trinajstić information content (AvgIpc) is 3.17. The molecule has 4 rings (SSSR count). The van der Waals surface area contributed by atoms with Crippen LogP contribution in [0.4, 0.5) is 13.9 Å². The number of carbonyl (C=O) groups is 1. The van der Waals surface area contributed by atoms with Gasteiger partial charge in [-0.3, -0.25) is 14.7 Å². The fourth-order valence-electron chi connectivity index (χ4n) is 3.14. The van der Waals surface area contributed by atoms with E-state index >= 15 is 0 Å². The van der Waals surface area contributed by atoms with Crippen molar-refractivity contribution in [3.8, 4) is 0 Å². The average molecular weight is 423 g/mol. The second kappa shape index (κ2) is 8.67. The fraction of sp³-hybridized carbons (Fsp3) is 0.174. The summed E-state index contributed by atoms with van der Waals surface area (Å²) < 4.78 is 28.1. The van der Waals surface area contributed by atoms with Gasteiger partial charge in [0, 0.05) is 12.3 Å². The lowest BCUT2D eigenvalue weighted by atomic mass is 10.1. The molecule has 0 atom stereocenters. The Morgan fingerprint density at radius 3 is 2.53 bits per heavy atom.